The van der Waals surface area contributed by atoms with Gasteiger partial charge in [0.15, 0.2) is 5.11 Å². The number of hydrogen-bond donors (Lipinski definition) is 1. The van der Waals surface area contributed by atoms with Crippen LogP contribution in [0.5, 0.6) is 0 Å². The summed E-state index contributed by atoms with van der Waals surface area (Å²) in [5, 5.41) is 4.46. The van der Waals surface area contributed by atoms with Crippen LogP contribution in [0, 0.1) is 0 Å². The zero-order chi connectivity index (χ0) is 18.5. The van der Waals surface area contributed by atoms with E-state index in [4.69, 9.17) is 12.2 Å². The van der Waals surface area contributed by atoms with E-state index in [1.165, 1.54) is 22.3 Å². The first-order valence-corrected chi connectivity index (χ1v) is 9.89. The molecule has 0 saturated heterocycles. The molecule has 1 aliphatic rings. The van der Waals surface area contributed by atoms with Gasteiger partial charge in [-0.25, -0.2) is 0 Å². The summed E-state index contributed by atoms with van der Waals surface area (Å²) >= 11 is 5.84. The van der Waals surface area contributed by atoms with Crippen molar-refractivity contribution in [3.63, 3.8) is 0 Å². The summed E-state index contributed by atoms with van der Waals surface area (Å²) in [5.74, 6) is 0. The molecule has 0 bridgehead atoms. The lowest BCUT2D eigenvalue weighted by molar-refractivity contribution is 0.391. The Bertz CT molecular complexity index is 826. The Morgan fingerprint density at radius 3 is 1.67 bits per heavy atom. The summed E-state index contributed by atoms with van der Waals surface area (Å²) < 4.78 is 0. The highest BCUT2D eigenvalue weighted by Gasteiger charge is 2.23. The molecule has 2 nitrogen and oxygen atoms in total. The first-order valence-electron chi connectivity index (χ1n) is 9.48. The molecule has 0 aromatic heterocycles. The van der Waals surface area contributed by atoms with Crippen LogP contribution in [0.1, 0.15) is 22.3 Å². The minimum absolute atomic E-state index is 0.379. The summed E-state index contributed by atoms with van der Waals surface area (Å²) in [6, 6.07) is 30.2. The van der Waals surface area contributed by atoms with E-state index in [2.05, 4.69) is 95.1 Å². The monoisotopic (exact) mass is 372 g/mol. The van der Waals surface area contributed by atoms with Crippen molar-refractivity contribution < 1.29 is 0 Å². The second-order valence-corrected chi connectivity index (χ2v) is 7.54. The lowest BCUT2D eigenvalue weighted by atomic mass is 10.1. The fourth-order valence-electron chi connectivity index (χ4n) is 3.73. The fourth-order valence-corrected chi connectivity index (χ4v) is 4.03. The van der Waals surface area contributed by atoms with Gasteiger partial charge in [-0.15, -0.1) is 0 Å². The largest absolute Gasteiger partial charge is 0.359 e. The Balaban J connectivity index is 1.47. The molecule has 0 unspecified atom stereocenters. The van der Waals surface area contributed by atoms with Crippen molar-refractivity contribution in [3.8, 4) is 0 Å². The quantitative estimate of drug-likeness (QED) is 0.652. The molecule has 0 radical (unpaired) electrons. The highest BCUT2D eigenvalue weighted by molar-refractivity contribution is 7.80. The third kappa shape index (κ3) is 4.55. The topological polar surface area (TPSA) is 15.3 Å². The lowest BCUT2D eigenvalue weighted by Crippen LogP contribution is -2.44. The Hall–Kier alpha value is -2.65. The molecule has 0 heterocycles. The summed E-state index contributed by atoms with van der Waals surface area (Å²) in [6.45, 7) is 1.61. The molecule has 0 spiro atoms. The van der Waals surface area contributed by atoms with Crippen molar-refractivity contribution in [2.45, 2.75) is 32.0 Å². The van der Waals surface area contributed by atoms with Crippen molar-refractivity contribution in [1.29, 1.82) is 0 Å². The second kappa shape index (κ2) is 8.36. The van der Waals surface area contributed by atoms with Gasteiger partial charge in [-0.2, -0.15) is 0 Å². The number of nitrogens with zero attached hydrogens (tertiary/aromatic N) is 1. The average molecular weight is 373 g/mol. The van der Waals surface area contributed by atoms with Gasteiger partial charge in [-0.3, -0.25) is 0 Å². The highest BCUT2D eigenvalue weighted by Crippen LogP contribution is 2.22. The predicted molar refractivity (Wildman–Crippen MR) is 116 cm³/mol. The molecule has 3 aromatic carbocycles. The minimum atomic E-state index is 0.379. The van der Waals surface area contributed by atoms with Crippen molar-refractivity contribution in [2.24, 2.45) is 0 Å². The third-order valence-electron chi connectivity index (χ3n) is 5.10. The van der Waals surface area contributed by atoms with E-state index in [-0.39, 0.29) is 0 Å². The normalized spacial score (nSPS) is 13.2. The predicted octanol–water partition coefficient (Wildman–Crippen LogP) is 4.73. The molecule has 0 saturated carbocycles. The standard InChI is InChI=1S/C24H24N2S/c27-24(25-23-15-21-13-7-8-14-22(21)16-23)26(17-19-9-3-1-4-10-19)18-20-11-5-2-6-12-20/h1-14,23H,15-18H2,(H,25,27). The number of fused-ring (bicyclic) bond motifs is 1. The van der Waals surface area contributed by atoms with Crippen LogP contribution in [0.2, 0.25) is 0 Å². The molecule has 4 rings (SSSR count). The Kier molecular flexibility index (Phi) is 5.50. The molecule has 0 atom stereocenters. The van der Waals surface area contributed by atoms with Crippen molar-refractivity contribution in [1.82, 2.24) is 10.2 Å². The highest BCUT2D eigenvalue weighted by atomic mass is 32.1. The van der Waals surface area contributed by atoms with Crippen LogP contribution >= 0.6 is 12.2 Å². The van der Waals surface area contributed by atoms with Gasteiger partial charge in [-0.1, -0.05) is 84.9 Å². The van der Waals surface area contributed by atoms with E-state index in [0.29, 0.717) is 6.04 Å². The van der Waals surface area contributed by atoms with Gasteiger partial charge in [0.05, 0.1) is 0 Å². The maximum atomic E-state index is 5.84. The smallest absolute Gasteiger partial charge is 0.169 e. The maximum absolute atomic E-state index is 5.84. The third-order valence-corrected chi connectivity index (χ3v) is 5.47. The van der Waals surface area contributed by atoms with Crippen molar-refractivity contribution >= 4 is 17.3 Å². The van der Waals surface area contributed by atoms with E-state index in [1.807, 2.05) is 0 Å². The average Bonchev–Trinajstić information content (AvgIpc) is 3.11. The van der Waals surface area contributed by atoms with Gasteiger partial charge >= 0.3 is 0 Å². The number of hydrogen-bond acceptors (Lipinski definition) is 1. The van der Waals surface area contributed by atoms with Crippen LogP contribution in [-0.4, -0.2) is 16.1 Å². The molecule has 0 amide bonds. The van der Waals surface area contributed by atoms with Gasteiger partial charge in [0, 0.05) is 19.1 Å². The molecule has 136 valence electrons. The lowest BCUT2D eigenvalue weighted by Gasteiger charge is -2.28. The molecular formula is C24H24N2S. The molecule has 0 fully saturated rings. The van der Waals surface area contributed by atoms with Gasteiger partial charge < -0.3 is 10.2 Å². The summed E-state index contributed by atoms with van der Waals surface area (Å²) in [7, 11) is 0. The molecule has 3 aromatic rings. The van der Waals surface area contributed by atoms with Crippen LogP contribution in [-0.2, 0) is 25.9 Å². The van der Waals surface area contributed by atoms with Crippen LogP contribution in [0.15, 0.2) is 84.9 Å². The van der Waals surface area contributed by atoms with Crippen molar-refractivity contribution in [2.75, 3.05) is 0 Å². The number of benzene rings is 3. The molecular weight excluding hydrogens is 348 g/mol. The van der Waals surface area contributed by atoms with Gasteiger partial charge in [-0.05, 0) is 47.3 Å². The first-order chi connectivity index (χ1) is 13.3. The molecule has 3 heteroatoms. The summed E-state index contributed by atoms with van der Waals surface area (Å²) in [5.41, 5.74) is 5.42. The van der Waals surface area contributed by atoms with Crippen LogP contribution in [0.4, 0.5) is 0 Å². The van der Waals surface area contributed by atoms with Gasteiger partial charge in [0.2, 0.25) is 0 Å². The van der Waals surface area contributed by atoms with Crippen LogP contribution in [0.25, 0.3) is 0 Å². The fraction of sp³-hybridized carbons (Fsp3) is 0.208. The van der Waals surface area contributed by atoms with Crippen LogP contribution < -0.4 is 5.32 Å². The van der Waals surface area contributed by atoms with Crippen molar-refractivity contribution in [3.05, 3.63) is 107 Å². The summed E-state index contributed by atoms with van der Waals surface area (Å²) in [4.78, 5) is 2.27. The minimum Gasteiger partial charge on any atom is -0.359 e. The Labute approximate surface area is 166 Å². The van der Waals surface area contributed by atoms with E-state index in [0.717, 1.165) is 31.0 Å². The SMILES string of the molecule is S=C(NC1Cc2ccccc2C1)N(Cc1ccccc1)Cc1ccccc1. The van der Waals surface area contributed by atoms with Gasteiger partial charge in [0.25, 0.3) is 0 Å². The molecule has 27 heavy (non-hydrogen) atoms. The Morgan fingerprint density at radius 2 is 1.19 bits per heavy atom. The molecule has 1 aliphatic carbocycles. The van der Waals surface area contributed by atoms with Crippen LogP contribution in [0.3, 0.4) is 0 Å². The maximum Gasteiger partial charge on any atom is 0.169 e. The number of nitrogens with one attached hydrogen (secondary N) is 1. The first kappa shape index (κ1) is 17.7. The molecule has 0 aliphatic heterocycles. The second-order valence-electron chi connectivity index (χ2n) is 7.15. The molecule has 1 N–H and O–H groups in total. The van der Waals surface area contributed by atoms with Gasteiger partial charge in [0.1, 0.15) is 0 Å². The van der Waals surface area contributed by atoms with E-state index < -0.39 is 0 Å². The van der Waals surface area contributed by atoms with E-state index in [9.17, 15) is 0 Å². The van der Waals surface area contributed by atoms with E-state index in [1.54, 1.807) is 0 Å². The number of rotatable bonds is 5. The zero-order valence-electron chi connectivity index (χ0n) is 15.3. The Morgan fingerprint density at radius 1 is 0.741 bits per heavy atom. The zero-order valence-corrected chi connectivity index (χ0v) is 16.2. The number of thiocarbonyl (C=S) groups is 1. The van der Waals surface area contributed by atoms with E-state index >= 15 is 0 Å². The summed E-state index contributed by atoms with van der Waals surface area (Å²) in [6.07, 6.45) is 2.08.